The molecule has 0 bridgehead atoms. The molecular weight excluding hydrogens is 218 g/mol. The smallest absolute Gasteiger partial charge is 0.238 e. The van der Waals surface area contributed by atoms with Gasteiger partial charge >= 0.3 is 0 Å². The quantitative estimate of drug-likeness (QED) is 0.842. The van der Waals surface area contributed by atoms with Gasteiger partial charge in [0.15, 0.2) is 5.75 Å². The average molecular weight is 233 g/mol. The molecule has 0 aliphatic carbocycles. The van der Waals surface area contributed by atoms with E-state index in [1.54, 1.807) is 18.6 Å². The van der Waals surface area contributed by atoms with Crippen LogP contribution in [0.5, 0.6) is 11.6 Å². The Labute approximate surface area is 99.4 Å². The lowest BCUT2D eigenvalue weighted by Crippen LogP contribution is -2.01. The molecular formula is C11H15N5O. The Bertz CT molecular complexity index is 482. The van der Waals surface area contributed by atoms with Crippen LogP contribution in [0.15, 0.2) is 24.8 Å². The van der Waals surface area contributed by atoms with Crippen LogP contribution in [-0.4, -0.2) is 19.7 Å². The molecule has 0 atom stereocenters. The molecule has 0 amide bonds. The highest BCUT2D eigenvalue weighted by molar-refractivity contribution is 5.20. The Morgan fingerprint density at radius 1 is 1.35 bits per heavy atom. The van der Waals surface area contributed by atoms with E-state index in [4.69, 9.17) is 10.5 Å². The summed E-state index contributed by atoms with van der Waals surface area (Å²) in [6.07, 6.45) is 7.69. The molecule has 0 unspecified atom stereocenters. The van der Waals surface area contributed by atoms with Gasteiger partial charge in [-0.05, 0) is 6.42 Å². The Hall–Kier alpha value is -1.95. The zero-order chi connectivity index (χ0) is 12.1. The number of aromatic nitrogens is 4. The molecule has 2 aromatic rings. The maximum absolute atomic E-state index is 5.54. The maximum Gasteiger partial charge on any atom is 0.238 e. The third-order valence-corrected chi connectivity index (χ3v) is 2.16. The second kappa shape index (κ2) is 5.40. The molecule has 0 aliphatic rings. The van der Waals surface area contributed by atoms with Gasteiger partial charge in [-0.3, -0.25) is 9.67 Å². The van der Waals surface area contributed by atoms with Crippen molar-refractivity contribution in [1.29, 1.82) is 0 Å². The van der Waals surface area contributed by atoms with Gasteiger partial charge in [0.2, 0.25) is 5.88 Å². The zero-order valence-corrected chi connectivity index (χ0v) is 9.71. The van der Waals surface area contributed by atoms with E-state index < -0.39 is 0 Å². The van der Waals surface area contributed by atoms with E-state index in [2.05, 4.69) is 22.0 Å². The van der Waals surface area contributed by atoms with E-state index in [-0.39, 0.29) is 0 Å². The summed E-state index contributed by atoms with van der Waals surface area (Å²) < 4.78 is 7.36. The molecule has 2 heterocycles. The van der Waals surface area contributed by atoms with Crippen molar-refractivity contribution < 1.29 is 4.74 Å². The van der Waals surface area contributed by atoms with Crippen molar-refractivity contribution in [2.75, 3.05) is 0 Å². The van der Waals surface area contributed by atoms with Crippen molar-refractivity contribution in [3.8, 4) is 11.6 Å². The molecule has 0 aliphatic heterocycles. The molecule has 0 saturated carbocycles. The number of hydrogen-bond acceptors (Lipinski definition) is 5. The van der Waals surface area contributed by atoms with E-state index in [0.29, 0.717) is 23.9 Å². The van der Waals surface area contributed by atoms with Crippen molar-refractivity contribution in [2.45, 2.75) is 26.4 Å². The topological polar surface area (TPSA) is 78.9 Å². The minimum absolute atomic E-state index is 0.347. The number of ether oxygens (including phenoxy) is 1. The highest BCUT2D eigenvalue weighted by atomic mass is 16.5. The third-order valence-electron chi connectivity index (χ3n) is 2.16. The van der Waals surface area contributed by atoms with Crippen LogP contribution in [0.3, 0.4) is 0 Å². The molecule has 0 aromatic carbocycles. The van der Waals surface area contributed by atoms with Crippen molar-refractivity contribution in [2.24, 2.45) is 5.73 Å². The summed E-state index contributed by atoms with van der Waals surface area (Å²) in [5, 5.41) is 4.16. The van der Waals surface area contributed by atoms with Gasteiger partial charge in [-0.1, -0.05) is 6.92 Å². The minimum atomic E-state index is 0.347. The summed E-state index contributed by atoms with van der Waals surface area (Å²) in [4.78, 5) is 8.20. The van der Waals surface area contributed by atoms with Crippen LogP contribution in [0.4, 0.5) is 0 Å². The summed E-state index contributed by atoms with van der Waals surface area (Å²) >= 11 is 0. The molecule has 2 N–H and O–H groups in total. The van der Waals surface area contributed by atoms with E-state index in [1.165, 1.54) is 0 Å². The SMILES string of the molecule is CCCn1cc(Oc2cncc(CN)n2)cn1. The standard InChI is InChI=1S/C11H15N5O/c1-2-3-16-8-10(6-14-16)17-11-7-13-5-9(4-12)15-11/h5-8H,2-4,12H2,1H3. The number of nitrogens with zero attached hydrogens (tertiary/aromatic N) is 4. The Kier molecular flexibility index (Phi) is 3.66. The highest BCUT2D eigenvalue weighted by Crippen LogP contribution is 2.17. The summed E-state index contributed by atoms with van der Waals surface area (Å²) in [6, 6.07) is 0. The fraction of sp³-hybridized carbons (Fsp3) is 0.364. The molecule has 0 fully saturated rings. The van der Waals surface area contributed by atoms with Gasteiger partial charge in [0, 0.05) is 19.3 Å². The second-order valence-corrected chi connectivity index (χ2v) is 3.59. The monoisotopic (exact) mass is 233 g/mol. The lowest BCUT2D eigenvalue weighted by atomic mass is 10.4. The van der Waals surface area contributed by atoms with E-state index in [1.807, 2.05) is 10.9 Å². The first-order chi connectivity index (χ1) is 8.31. The first-order valence-electron chi connectivity index (χ1n) is 5.53. The van der Waals surface area contributed by atoms with Gasteiger partial charge in [0.25, 0.3) is 0 Å². The van der Waals surface area contributed by atoms with Crippen molar-refractivity contribution in [1.82, 2.24) is 19.7 Å². The van der Waals surface area contributed by atoms with Gasteiger partial charge in [-0.2, -0.15) is 5.10 Å². The predicted molar refractivity (Wildman–Crippen MR) is 62.5 cm³/mol. The van der Waals surface area contributed by atoms with Crippen LogP contribution in [0.2, 0.25) is 0 Å². The molecule has 6 heteroatoms. The molecule has 0 saturated heterocycles. The first-order valence-corrected chi connectivity index (χ1v) is 5.53. The van der Waals surface area contributed by atoms with Crippen LogP contribution in [-0.2, 0) is 13.1 Å². The first kappa shape index (κ1) is 11.5. The Morgan fingerprint density at radius 3 is 3.00 bits per heavy atom. The van der Waals surface area contributed by atoms with E-state index in [9.17, 15) is 0 Å². The van der Waals surface area contributed by atoms with Crippen LogP contribution in [0.25, 0.3) is 0 Å². The highest BCUT2D eigenvalue weighted by Gasteiger charge is 2.03. The number of nitrogens with two attached hydrogens (primary N) is 1. The van der Waals surface area contributed by atoms with Crippen LogP contribution < -0.4 is 10.5 Å². The zero-order valence-electron chi connectivity index (χ0n) is 9.71. The Balaban J connectivity index is 2.08. The summed E-state index contributed by atoms with van der Waals surface area (Å²) in [5.74, 6) is 1.09. The molecule has 17 heavy (non-hydrogen) atoms. The Morgan fingerprint density at radius 2 is 2.24 bits per heavy atom. The summed E-state index contributed by atoms with van der Waals surface area (Å²) in [6.45, 7) is 3.32. The van der Waals surface area contributed by atoms with Crippen LogP contribution in [0.1, 0.15) is 19.0 Å². The lowest BCUT2D eigenvalue weighted by molar-refractivity contribution is 0.456. The average Bonchev–Trinajstić information content (AvgIpc) is 2.77. The number of hydrogen-bond donors (Lipinski definition) is 1. The molecule has 6 nitrogen and oxygen atoms in total. The minimum Gasteiger partial charge on any atom is -0.434 e. The van der Waals surface area contributed by atoms with Crippen LogP contribution in [0, 0.1) is 0 Å². The fourth-order valence-electron chi connectivity index (χ4n) is 1.40. The normalized spacial score (nSPS) is 10.5. The molecule has 90 valence electrons. The summed E-state index contributed by atoms with van der Waals surface area (Å²) in [7, 11) is 0. The largest absolute Gasteiger partial charge is 0.434 e. The van der Waals surface area contributed by atoms with Gasteiger partial charge in [0.1, 0.15) is 0 Å². The molecule has 2 aromatic heterocycles. The van der Waals surface area contributed by atoms with Crippen LogP contribution >= 0.6 is 0 Å². The van der Waals surface area contributed by atoms with Gasteiger partial charge in [0.05, 0.1) is 24.3 Å². The number of aryl methyl sites for hydroxylation is 1. The fourth-order valence-corrected chi connectivity index (χ4v) is 1.40. The molecule has 0 spiro atoms. The lowest BCUT2D eigenvalue weighted by Gasteiger charge is -2.02. The van der Waals surface area contributed by atoms with E-state index in [0.717, 1.165) is 13.0 Å². The molecule has 0 radical (unpaired) electrons. The van der Waals surface area contributed by atoms with E-state index >= 15 is 0 Å². The number of rotatable bonds is 5. The third kappa shape index (κ3) is 3.01. The van der Waals surface area contributed by atoms with Gasteiger partial charge in [-0.15, -0.1) is 0 Å². The van der Waals surface area contributed by atoms with Crippen molar-refractivity contribution >= 4 is 0 Å². The second-order valence-electron chi connectivity index (χ2n) is 3.59. The van der Waals surface area contributed by atoms with Crippen molar-refractivity contribution in [3.05, 3.63) is 30.5 Å². The van der Waals surface area contributed by atoms with Gasteiger partial charge in [-0.25, -0.2) is 4.98 Å². The predicted octanol–water partition coefficient (Wildman–Crippen LogP) is 1.33. The van der Waals surface area contributed by atoms with Crippen molar-refractivity contribution in [3.63, 3.8) is 0 Å². The molecule has 2 rings (SSSR count). The van der Waals surface area contributed by atoms with Gasteiger partial charge < -0.3 is 10.5 Å². The maximum atomic E-state index is 5.54. The summed E-state index contributed by atoms with van der Waals surface area (Å²) in [5.41, 5.74) is 6.18.